The van der Waals surface area contributed by atoms with Gasteiger partial charge in [-0.1, -0.05) is 12.1 Å². The zero-order valence-corrected chi connectivity index (χ0v) is 19.1. The molecular formula is C21H18N2O5S3. The van der Waals surface area contributed by atoms with Crippen LogP contribution >= 0.6 is 34.4 Å². The van der Waals surface area contributed by atoms with E-state index in [0.29, 0.717) is 11.6 Å². The van der Waals surface area contributed by atoms with Crippen LogP contribution in [0.4, 0.5) is 5.69 Å². The van der Waals surface area contributed by atoms with Crippen molar-refractivity contribution in [2.24, 2.45) is 0 Å². The molecule has 0 saturated heterocycles. The Balaban J connectivity index is 2.04. The summed E-state index contributed by atoms with van der Waals surface area (Å²) in [4.78, 5) is 40.9. The van der Waals surface area contributed by atoms with Gasteiger partial charge >= 0.3 is 11.9 Å². The molecule has 3 aromatic heterocycles. The first-order chi connectivity index (χ1) is 15.0. The molecule has 0 radical (unpaired) electrons. The Bertz CT molecular complexity index is 1270. The first-order valence-electron chi connectivity index (χ1n) is 9.15. The van der Waals surface area contributed by atoms with E-state index in [0.717, 1.165) is 21.5 Å². The molecule has 160 valence electrons. The van der Waals surface area contributed by atoms with Crippen LogP contribution in [-0.2, 0) is 20.7 Å². The number of carbonyl (C=O) groups is 3. The van der Waals surface area contributed by atoms with Gasteiger partial charge in [-0.25, -0.2) is 9.59 Å². The van der Waals surface area contributed by atoms with Gasteiger partial charge in [0.25, 0.3) is 0 Å². The molecule has 2 N–H and O–H groups in total. The van der Waals surface area contributed by atoms with E-state index < -0.39 is 17.2 Å². The molecule has 0 aromatic carbocycles. The fraction of sp³-hybridized carbons (Fsp3) is 0.190. The van der Waals surface area contributed by atoms with Crippen molar-refractivity contribution in [3.05, 3.63) is 61.0 Å². The Morgan fingerprint density at radius 1 is 1.13 bits per heavy atom. The number of carbonyl (C=O) groups excluding carboxylic acids is 3. The van der Waals surface area contributed by atoms with Crippen LogP contribution in [0.5, 0.6) is 0 Å². The highest BCUT2D eigenvalue weighted by Gasteiger charge is 2.37. The first-order valence-corrected chi connectivity index (χ1v) is 11.8. The van der Waals surface area contributed by atoms with E-state index in [4.69, 9.17) is 15.2 Å². The van der Waals surface area contributed by atoms with Gasteiger partial charge in [0.1, 0.15) is 4.91 Å². The highest BCUT2D eigenvalue weighted by Crippen LogP contribution is 2.32. The molecule has 1 aliphatic heterocycles. The summed E-state index contributed by atoms with van der Waals surface area (Å²) in [6.45, 7) is 0. The zero-order valence-electron chi connectivity index (χ0n) is 16.6. The maximum absolute atomic E-state index is 13.5. The number of esters is 2. The average molecular weight is 475 g/mol. The number of aromatic nitrogens is 1. The molecule has 1 atom stereocenters. The van der Waals surface area contributed by atoms with Crippen molar-refractivity contribution in [3.63, 3.8) is 0 Å². The quantitative estimate of drug-likeness (QED) is 0.565. The third-order valence-corrected chi connectivity index (χ3v) is 7.73. The number of hydrogen-bond donors (Lipinski definition) is 1. The molecule has 4 heterocycles. The molecule has 31 heavy (non-hydrogen) atoms. The summed E-state index contributed by atoms with van der Waals surface area (Å²) in [5, 5.41) is 3.87. The molecular weight excluding hydrogens is 456 g/mol. The summed E-state index contributed by atoms with van der Waals surface area (Å²) < 4.78 is 11.1. The minimum atomic E-state index is -0.746. The predicted molar refractivity (Wildman–Crippen MR) is 123 cm³/mol. The highest BCUT2D eigenvalue weighted by atomic mass is 32.2. The van der Waals surface area contributed by atoms with E-state index in [1.165, 1.54) is 41.5 Å². The van der Waals surface area contributed by atoms with Crippen molar-refractivity contribution in [1.29, 1.82) is 0 Å². The monoisotopic (exact) mass is 474 g/mol. The fourth-order valence-electron chi connectivity index (χ4n) is 3.38. The molecule has 0 fully saturated rings. The molecule has 7 nitrogen and oxygen atoms in total. The minimum Gasteiger partial charge on any atom is -0.465 e. The van der Waals surface area contributed by atoms with E-state index in [-0.39, 0.29) is 27.5 Å². The number of thioether (sulfide) groups is 1. The van der Waals surface area contributed by atoms with Crippen LogP contribution in [0.25, 0.3) is 11.0 Å². The molecule has 0 saturated carbocycles. The van der Waals surface area contributed by atoms with Crippen LogP contribution in [-0.4, -0.2) is 41.9 Å². The van der Waals surface area contributed by atoms with Crippen molar-refractivity contribution in [2.45, 2.75) is 11.7 Å². The second-order valence-corrected chi connectivity index (χ2v) is 9.78. The van der Waals surface area contributed by atoms with E-state index in [1.807, 2.05) is 35.0 Å². The molecule has 4 rings (SSSR count). The summed E-state index contributed by atoms with van der Waals surface area (Å²) in [5.74, 6) is -1.67. The van der Waals surface area contributed by atoms with Crippen LogP contribution in [0.1, 0.15) is 25.0 Å². The van der Waals surface area contributed by atoms with Gasteiger partial charge in [0.2, 0.25) is 5.91 Å². The van der Waals surface area contributed by atoms with Gasteiger partial charge in [0, 0.05) is 21.4 Å². The number of nitrogens with zero attached hydrogens (tertiary/aromatic N) is 1. The SMILES string of the molecule is COC(=O)C1=c2/c(=C/c3cccs3)c(N)c(C(=O)OC)n2C(=O)[C@H](Cc2cccs2)S1. The Hall–Kier alpha value is -2.82. The third kappa shape index (κ3) is 3.82. The average Bonchev–Trinajstić information content (AvgIpc) is 3.52. The lowest BCUT2D eigenvalue weighted by atomic mass is 10.2. The van der Waals surface area contributed by atoms with Crippen LogP contribution in [0.3, 0.4) is 0 Å². The minimum absolute atomic E-state index is 0.0804. The van der Waals surface area contributed by atoms with Gasteiger partial charge in [0.15, 0.2) is 5.69 Å². The third-order valence-electron chi connectivity index (χ3n) is 4.76. The van der Waals surface area contributed by atoms with Gasteiger partial charge in [-0.15, -0.1) is 34.4 Å². The van der Waals surface area contributed by atoms with Gasteiger partial charge in [-0.2, -0.15) is 0 Å². The number of anilines is 1. The number of nitrogens with two attached hydrogens (primary N) is 1. The van der Waals surface area contributed by atoms with Gasteiger partial charge in [-0.3, -0.25) is 9.36 Å². The van der Waals surface area contributed by atoms with Crippen molar-refractivity contribution >= 4 is 68.9 Å². The molecule has 0 spiro atoms. The lowest BCUT2D eigenvalue weighted by molar-refractivity contribution is -0.133. The van der Waals surface area contributed by atoms with Crippen molar-refractivity contribution in [1.82, 2.24) is 4.57 Å². The molecule has 0 amide bonds. The van der Waals surface area contributed by atoms with Crippen LogP contribution in [0.2, 0.25) is 0 Å². The summed E-state index contributed by atoms with van der Waals surface area (Å²) in [6.07, 6.45) is 2.17. The second-order valence-electron chi connectivity index (χ2n) is 6.56. The lowest BCUT2D eigenvalue weighted by Crippen LogP contribution is -2.45. The van der Waals surface area contributed by atoms with E-state index in [9.17, 15) is 14.4 Å². The van der Waals surface area contributed by atoms with Crippen molar-refractivity contribution in [3.8, 4) is 0 Å². The normalized spacial score (nSPS) is 16.3. The van der Waals surface area contributed by atoms with Crippen LogP contribution in [0.15, 0.2) is 35.0 Å². The lowest BCUT2D eigenvalue weighted by Gasteiger charge is -2.22. The number of rotatable bonds is 5. The van der Waals surface area contributed by atoms with E-state index >= 15 is 0 Å². The van der Waals surface area contributed by atoms with Gasteiger partial charge in [0.05, 0.1) is 30.5 Å². The van der Waals surface area contributed by atoms with Crippen molar-refractivity contribution in [2.75, 3.05) is 20.0 Å². The molecule has 0 unspecified atom stereocenters. The topological polar surface area (TPSA) is 101 Å². The molecule has 0 bridgehead atoms. The molecule has 0 aliphatic carbocycles. The first kappa shape index (κ1) is 21.4. The van der Waals surface area contributed by atoms with E-state index in [2.05, 4.69) is 0 Å². The summed E-state index contributed by atoms with van der Waals surface area (Å²) in [5.41, 5.74) is 6.36. The summed E-state index contributed by atoms with van der Waals surface area (Å²) >= 11 is 4.12. The number of hydrogen-bond acceptors (Lipinski definition) is 9. The number of fused-ring (bicyclic) bond motifs is 1. The van der Waals surface area contributed by atoms with Gasteiger partial charge < -0.3 is 15.2 Å². The smallest absolute Gasteiger partial charge is 0.357 e. The Labute approximate surface area is 189 Å². The fourth-order valence-corrected chi connectivity index (χ4v) is 6.14. The maximum atomic E-state index is 13.5. The van der Waals surface area contributed by atoms with Crippen molar-refractivity contribution < 1.29 is 23.9 Å². The van der Waals surface area contributed by atoms with Crippen LogP contribution in [0, 0.1) is 0 Å². The largest absolute Gasteiger partial charge is 0.465 e. The van der Waals surface area contributed by atoms with E-state index in [1.54, 1.807) is 6.08 Å². The number of methoxy groups -OCH3 is 2. The number of thiophene rings is 2. The Morgan fingerprint density at radius 2 is 1.84 bits per heavy atom. The highest BCUT2D eigenvalue weighted by molar-refractivity contribution is 8.10. The van der Waals surface area contributed by atoms with Gasteiger partial charge in [-0.05, 0) is 29.0 Å². The van der Waals surface area contributed by atoms with Crippen LogP contribution < -0.4 is 16.3 Å². The molecule has 1 aliphatic rings. The standard InChI is InChI=1S/C21H18N2O5S3/c1-27-20(25)17-15(22)13(9-11-5-3-7-29-11)16-18(21(26)28-2)31-14(19(24)23(16)17)10-12-6-4-8-30-12/h3-9,14H,10,22H2,1-2H3/b13-9+/t14-/m0/s1. The maximum Gasteiger partial charge on any atom is 0.357 e. The second kappa shape index (κ2) is 8.74. The number of nitrogen functional groups attached to an aromatic ring is 1. The number of ether oxygens (including phenoxy) is 2. The Morgan fingerprint density at radius 3 is 2.45 bits per heavy atom. The molecule has 3 aromatic rings. The Kier molecular flexibility index (Phi) is 6.03. The predicted octanol–water partition coefficient (Wildman–Crippen LogP) is 2.09. The molecule has 10 heteroatoms. The summed E-state index contributed by atoms with van der Waals surface area (Å²) in [7, 11) is 2.50. The zero-order chi connectivity index (χ0) is 22.1. The summed E-state index contributed by atoms with van der Waals surface area (Å²) in [6, 6.07) is 7.57.